The van der Waals surface area contributed by atoms with Gasteiger partial charge in [0.05, 0.1) is 10.6 Å². The molecular formula is C17H22ClNO6S. The van der Waals surface area contributed by atoms with Gasteiger partial charge in [-0.2, -0.15) is 4.31 Å². The van der Waals surface area contributed by atoms with Crippen molar-refractivity contribution in [2.24, 2.45) is 0 Å². The Bertz CT molecular complexity index is 794. The molecule has 1 aromatic carbocycles. The maximum Gasteiger partial charge on any atom is 0.344 e. The van der Waals surface area contributed by atoms with Gasteiger partial charge in [0.1, 0.15) is 10.5 Å². The van der Waals surface area contributed by atoms with Crippen LogP contribution in [0.4, 0.5) is 0 Å². The summed E-state index contributed by atoms with van der Waals surface area (Å²) >= 11 is 6.03. The molecule has 0 aromatic heterocycles. The van der Waals surface area contributed by atoms with E-state index in [1.54, 1.807) is 20.8 Å². The van der Waals surface area contributed by atoms with E-state index < -0.39 is 34.2 Å². The SMILES string of the molecule is CC(C)(C)OC(=O)COC(=O)c1ccc(Cl)c(S(=O)(=O)N2CCCC2)c1. The lowest BCUT2D eigenvalue weighted by Crippen LogP contribution is -2.28. The predicted molar refractivity (Wildman–Crippen MR) is 95.6 cm³/mol. The topological polar surface area (TPSA) is 90.0 Å². The van der Waals surface area contributed by atoms with E-state index in [-0.39, 0.29) is 15.5 Å². The van der Waals surface area contributed by atoms with E-state index in [1.807, 2.05) is 0 Å². The molecule has 1 aliphatic rings. The van der Waals surface area contributed by atoms with E-state index in [9.17, 15) is 18.0 Å². The molecule has 1 aromatic rings. The van der Waals surface area contributed by atoms with Gasteiger partial charge in [-0.15, -0.1) is 0 Å². The summed E-state index contributed by atoms with van der Waals surface area (Å²) in [6.45, 7) is 5.37. The minimum atomic E-state index is -3.78. The highest BCUT2D eigenvalue weighted by Gasteiger charge is 2.30. The first kappa shape index (κ1) is 20.7. The quantitative estimate of drug-likeness (QED) is 0.702. The fraction of sp³-hybridized carbons (Fsp3) is 0.529. The summed E-state index contributed by atoms with van der Waals surface area (Å²) < 4.78 is 36.6. The first-order chi connectivity index (χ1) is 12.0. The van der Waals surface area contributed by atoms with Crippen LogP contribution in [0.2, 0.25) is 5.02 Å². The molecule has 0 bridgehead atoms. The molecule has 144 valence electrons. The number of benzene rings is 1. The predicted octanol–water partition coefficient (Wildman–Crippen LogP) is 2.62. The summed E-state index contributed by atoms with van der Waals surface area (Å²) in [5.41, 5.74) is -0.698. The fourth-order valence-corrected chi connectivity index (χ4v) is 4.49. The van der Waals surface area contributed by atoms with Crippen molar-refractivity contribution in [2.75, 3.05) is 19.7 Å². The summed E-state index contributed by atoms with van der Waals surface area (Å²) in [5, 5.41) is 0.0283. The van der Waals surface area contributed by atoms with E-state index in [0.29, 0.717) is 13.1 Å². The first-order valence-corrected chi connectivity index (χ1v) is 10.0. The molecule has 26 heavy (non-hydrogen) atoms. The van der Waals surface area contributed by atoms with E-state index in [0.717, 1.165) is 12.8 Å². The van der Waals surface area contributed by atoms with Gasteiger partial charge >= 0.3 is 11.9 Å². The monoisotopic (exact) mass is 403 g/mol. The van der Waals surface area contributed by atoms with E-state index >= 15 is 0 Å². The molecule has 9 heteroatoms. The van der Waals surface area contributed by atoms with Gasteiger partial charge in [0.15, 0.2) is 6.61 Å². The highest BCUT2D eigenvalue weighted by molar-refractivity contribution is 7.89. The number of halogens is 1. The molecule has 0 atom stereocenters. The van der Waals surface area contributed by atoms with Crippen molar-refractivity contribution in [1.29, 1.82) is 0 Å². The molecule has 1 fully saturated rings. The maximum atomic E-state index is 12.7. The number of carbonyl (C=O) groups excluding carboxylic acids is 2. The smallest absolute Gasteiger partial charge is 0.344 e. The minimum absolute atomic E-state index is 0.00395. The van der Waals surface area contributed by atoms with Crippen molar-refractivity contribution >= 4 is 33.6 Å². The van der Waals surface area contributed by atoms with Gasteiger partial charge in [-0.25, -0.2) is 18.0 Å². The third kappa shape index (κ3) is 5.18. The summed E-state index contributed by atoms with van der Waals surface area (Å²) in [4.78, 5) is 23.6. The standard InChI is InChI=1S/C17H22ClNO6S/c1-17(2,3)25-15(20)11-24-16(21)12-6-7-13(18)14(10-12)26(22,23)19-8-4-5-9-19/h6-7,10H,4-5,8-9,11H2,1-3H3. The highest BCUT2D eigenvalue weighted by atomic mass is 35.5. The third-order valence-electron chi connectivity index (χ3n) is 3.59. The van der Waals surface area contributed by atoms with Crippen molar-refractivity contribution in [1.82, 2.24) is 4.31 Å². The second kappa shape index (κ2) is 7.94. The Morgan fingerprint density at radius 1 is 1.19 bits per heavy atom. The molecule has 0 aliphatic carbocycles. The van der Waals surface area contributed by atoms with Crippen LogP contribution in [0.15, 0.2) is 23.1 Å². The maximum absolute atomic E-state index is 12.7. The van der Waals surface area contributed by atoms with Crippen LogP contribution in [-0.2, 0) is 24.3 Å². The summed E-state index contributed by atoms with van der Waals surface area (Å²) in [7, 11) is -3.78. The van der Waals surface area contributed by atoms with Gasteiger partial charge < -0.3 is 9.47 Å². The Balaban J connectivity index is 2.13. The number of sulfonamides is 1. The molecule has 0 unspecified atom stereocenters. The Morgan fingerprint density at radius 2 is 1.81 bits per heavy atom. The molecule has 7 nitrogen and oxygen atoms in total. The summed E-state index contributed by atoms with van der Waals surface area (Å²) in [5.74, 6) is -1.52. The highest BCUT2D eigenvalue weighted by Crippen LogP contribution is 2.28. The zero-order valence-corrected chi connectivity index (χ0v) is 16.5. The van der Waals surface area contributed by atoms with Gasteiger partial charge in [-0.05, 0) is 51.8 Å². The molecule has 2 rings (SSSR count). The number of ether oxygens (including phenoxy) is 2. The second-order valence-corrected chi connectivity index (χ2v) is 9.23. The van der Waals surface area contributed by atoms with Gasteiger partial charge in [-0.1, -0.05) is 11.6 Å². The normalized spacial score (nSPS) is 15.7. The van der Waals surface area contributed by atoms with Gasteiger partial charge in [-0.3, -0.25) is 0 Å². The fourth-order valence-electron chi connectivity index (χ4n) is 2.47. The van der Waals surface area contributed by atoms with Crippen molar-refractivity contribution in [3.05, 3.63) is 28.8 Å². The number of hydrogen-bond donors (Lipinski definition) is 0. The van der Waals surface area contributed by atoms with Gasteiger partial charge in [0.2, 0.25) is 10.0 Å². The molecule has 1 saturated heterocycles. The van der Waals surface area contributed by atoms with E-state index in [1.165, 1.54) is 22.5 Å². The summed E-state index contributed by atoms with van der Waals surface area (Å²) in [6, 6.07) is 3.85. The molecule has 0 spiro atoms. The average Bonchev–Trinajstić information content (AvgIpc) is 3.06. The van der Waals surface area contributed by atoms with Gasteiger partial charge in [0, 0.05) is 13.1 Å². The van der Waals surface area contributed by atoms with Crippen LogP contribution in [-0.4, -0.2) is 50.0 Å². The third-order valence-corrected chi connectivity index (χ3v) is 5.97. The zero-order valence-electron chi connectivity index (χ0n) is 15.0. The van der Waals surface area contributed by atoms with Crippen LogP contribution in [0, 0.1) is 0 Å². The molecule has 0 radical (unpaired) electrons. The molecule has 1 heterocycles. The lowest BCUT2D eigenvalue weighted by Gasteiger charge is -2.19. The van der Waals surface area contributed by atoms with Crippen LogP contribution in [0.1, 0.15) is 44.0 Å². The van der Waals surface area contributed by atoms with E-state index in [2.05, 4.69) is 0 Å². The van der Waals surface area contributed by atoms with Crippen molar-refractivity contribution in [2.45, 2.75) is 44.1 Å². The zero-order chi connectivity index (χ0) is 19.5. The number of esters is 2. The van der Waals surface area contributed by atoms with Gasteiger partial charge in [0.25, 0.3) is 0 Å². The largest absolute Gasteiger partial charge is 0.457 e. The van der Waals surface area contributed by atoms with Crippen LogP contribution in [0.25, 0.3) is 0 Å². The van der Waals surface area contributed by atoms with Crippen molar-refractivity contribution < 1.29 is 27.5 Å². The molecular weight excluding hydrogens is 382 g/mol. The molecule has 0 amide bonds. The van der Waals surface area contributed by atoms with Crippen LogP contribution in [0.3, 0.4) is 0 Å². The Morgan fingerprint density at radius 3 is 2.38 bits per heavy atom. The summed E-state index contributed by atoms with van der Waals surface area (Å²) in [6.07, 6.45) is 1.57. The lowest BCUT2D eigenvalue weighted by molar-refractivity contribution is -0.158. The molecule has 0 N–H and O–H groups in total. The first-order valence-electron chi connectivity index (χ1n) is 8.19. The Kier molecular flexibility index (Phi) is 6.31. The van der Waals surface area contributed by atoms with Crippen molar-refractivity contribution in [3.8, 4) is 0 Å². The number of hydrogen-bond acceptors (Lipinski definition) is 6. The molecule has 0 saturated carbocycles. The van der Waals surface area contributed by atoms with E-state index in [4.69, 9.17) is 21.1 Å². The second-order valence-electron chi connectivity index (χ2n) is 6.92. The number of nitrogens with zero attached hydrogens (tertiary/aromatic N) is 1. The number of carbonyl (C=O) groups is 2. The van der Waals surface area contributed by atoms with Crippen molar-refractivity contribution in [3.63, 3.8) is 0 Å². The van der Waals surface area contributed by atoms with Crippen LogP contribution >= 0.6 is 11.6 Å². The lowest BCUT2D eigenvalue weighted by atomic mass is 10.2. The van der Waals surface area contributed by atoms with Crippen LogP contribution in [0.5, 0.6) is 0 Å². The van der Waals surface area contributed by atoms with Crippen LogP contribution < -0.4 is 0 Å². The Labute approximate surface area is 158 Å². The average molecular weight is 404 g/mol. The number of rotatable bonds is 5. The minimum Gasteiger partial charge on any atom is -0.457 e. The Hall–Kier alpha value is -1.64. The molecule has 1 aliphatic heterocycles.